The molecule has 0 amide bonds. The van der Waals surface area contributed by atoms with Gasteiger partial charge in [-0.3, -0.25) is 0 Å². The number of nitrogens with two attached hydrogens (primary N) is 1. The quantitative estimate of drug-likeness (QED) is 0.478. The Kier molecular flexibility index (Phi) is 4.36. The van der Waals surface area contributed by atoms with Gasteiger partial charge in [-0.25, -0.2) is 0 Å². The second-order valence-electron chi connectivity index (χ2n) is 3.07. The Morgan fingerprint density at radius 1 is 1.57 bits per heavy atom. The molecule has 0 fully saturated rings. The van der Waals surface area contributed by atoms with E-state index in [-0.39, 0.29) is 0 Å². The van der Waals surface area contributed by atoms with Crippen LogP contribution in [0.4, 0.5) is 5.69 Å². The molecule has 0 aliphatic rings. The highest BCUT2D eigenvalue weighted by molar-refractivity contribution is 7.99. The van der Waals surface area contributed by atoms with E-state index < -0.39 is 0 Å². The molecule has 3 heteroatoms. The van der Waals surface area contributed by atoms with Crippen LogP contribution in [0.3, 0.4) is 0 Å². The van der Waals surface area contributed by atoms with E-state index >= 15 is 0 Å². The molecular formula is C11H14ClNS. The van der Waals surface area contributed by atoms with Gasteiger partial charge >= 0.3 is 0 Å². The van der Waals surface area contributed by atoms with Crippen LogP contribution in [0.5, 0.6) is 0 Å². The molecule has 76 valence electrons. The molecule has 0 radical (unpaired) electrons. The maximum Gasteiger partial charge on any atom is 0.0453 e. The van der Waals surface area contributed by atoms with Crippen LogP contribution in [-0.4, -0.2) is 5.75 Å². The highest BCUT2D eigenvalue weighted by atomic mass is 35.5. The SMILES string of the molecule is C=C(CC)CSc1cc(Cl)ccc1N. The molecule has 1 nitrogen and oxygen atoms in total. The summed E-state index contributed by atoms with van der Waals surface area (Å²) in [6.07, 6.45) is 1.01. The summed E-state index contributed by atoms with van der Waals surface area (Å²) in [6, 6.07) is 5.53. The monoisotopic (exact) mass is 227 g/mol. The summed E-state index contributed by atoms with van der Waals surface area (Å²) < 4.78 is 0. The number of hydrogen-bond donors (Lipinski definition) is 1. The Balaban J connectivity index is 2.66. The van der Waals surface area contributed by atoms with Gasteiger partial charge in [-0.05, 0) is 24.6 Å². The molecule has 0 bridgehead atoms. The third-order valence-corrected chi connectivity index (χ3v) is 3.36. The average Bonchev–Trinajstić information content (AvgIpc) is 2.19. The molecule has 0 saturated carbocycles. The van der Waals surface area contributed by atoms with E-state index in [1.54, 1.807) is 17.8 Å². The van der Waals surface area contributed by atoms with Gasteiger partial charge in [0.1, 0.15) is 0 Å². The van der Waals surface area contributed by atoms with E-state index in [0.717, 1.165) is 27.8 Å². The molecule has 0 heterocycles. The zero-order valence-corrected chi connectivity index (χ0v) is 9.79. The topological polar surface area (TPSA) is 26.0 Å². The number of hydrogen-bond acceptors (Lipinski definition) is 2. The fourth-order valence-electron chi connectivity index (χ4n) is 0.915. The van der Waals surface area contributed by atoms with Crippen molar-refractivity contribution in [3.05, 3.63) is 35.4 Å². The Morgan fingerprint density at radius 3 is 2.93 bits per heavy atom. The summed E-state index contributed by atoms with van der Waals surface area (Å²) >= 11 is 7.56. The van der Waals surface area contributed by atoms with Crippen LogP contribution in [0.1, 0.15) is 13.3 Å². The van der Waals surface area contributed by atoms with Crippen molar-refractivity contribution in [2.45, 2.75) is 18.2 Å². The number of nitrogen functional groups attached to an aromatic ring is 1. The van der Waals surface area contributed by atoms with E-state index in [4.69, 9.17) is 17.3 Å². The molecule has 1 aromatic carbocycles. The number of anilines is 1. The molecule has 0 atom stereocenters. The highest BCUT2D eigenvalue weighted by Crippen LogP contribution is 2.29. The molecule has 0 aliphatic carbocycles. The molecule has 0 spiro atoms. The Hall–Kier alpha value is -0.600. The van der Waals surface area contributed by atoms with E-state index in [0.29, 0.717) is 0 Å². The zero-order valence-electron chi connectivity index (χ0n) is 8.22. The highest BCUT2D eigenvalue weighted by Gasteiger charge is 2.01. The first-order valence-electron chi connectivity index (χ1n) is 4.48. The first-order valence-corrected chi connectivity index (χ1v) is 5.84. The minimum Gasteiger partial charge on any atom is -0.398 e. The van der Waals surface area contributed by atoms with Crippen LogP contribution in [0.25, 0.3) is 0 Å². The molecule has 14 heavy (non-hydrogen) atoms. The second kappa shape index (κ2) is 5.32. The molecule has 1 rings (SSSR count). The van der Waals surface area contributed by atoms with Crippen LogP contribution in [0.2, 0.25) is 5.02 Å². The summed E-state index contributed by atoms with van der Waals surface area (Å²) in [5, 5.41) is 0.726. The van der Waals surface area contributed by atoms with Gasteiger partial charge in [0.05, 0.1) is 0 Å². The van der Waals surface area contributed by atoms with E-state index in [1.807, 2.05) is 12.1 Å². The van der Waals surface area contributed by atoms with Crippen molar-refractivity contribution in [1.29, 1.82) is 0 Å². The number of halogens is 1. The number of benzene rings is 1. The van der Waals surface area contributed by atoms with Gasteiger partial charge in [-0.2, -0.15) is 0 Å². The lowest BCUT2D eigenvalue weighted by Gasteiger charge is -2.06. The van der Waals surface area contributed by atoms with Crippen LogP contribution >= 0.6 is 23.4 Å². The van der Waals surface area contributed by atoms with Crippen molar-refractivity contribution in [1.82, 2.24) is 0 Å². The largest absolute Gasteiger partial charge is 0.398 e. The zero-order chi connectivity index (χ0) is 10.6. The van der Waals surface area contributed by atoms with E-state index in [2.05, 4.69) is 13.5 Å². The molecule has 0 saturated heterocycles. The summed E-state index contributed by atoms with van der Waals surface area (Å²) in [4.78, 5) is 1.03. The van der Waals surface area contributed by atoms with Crippen molar-refractivity contribution in [2.75, 3.05) is 11.5 Å². The lowest BCUT2D eigenvalue weighted by molar-refractivity contribution is 1.12. The van der Waals surface area contributed by atoms with Crippen molar-refractivity contribution < 1.29 is 0 Å². The van der Waals surface area contributed by atoms with Crippen LogP contribution in [0, 0.1) is 0 Å². The lowest BCUT2D eigenvalue weighted by Crippen LogP contribution is -1.90. The van der Waals surface area contributed by atoms with Gasteiger partial charge in [0.2, 0.25) is 0 Å². The summed E-state index contributed by atoms with van der Waals surface area (Å²) in [6.45, 7) is 6.05. The average molecular weight is 228 g/mol. The predicted molar refractivity (Wildman–Crippen MR) is 66.0 cm³/mol. The molecule has 0 unspecified atom stereocenters. The minimum absolute atomic E-state index is 0.726. The van der Waals surface area contributed by atoms with E-state index in [1.165, 1.54) is 5.57 Å². The summed E-state index contributed by atoms with van der Waals surface area (Å²) in [5.74, 6) is 0.904. The fourth-order valence-corrected chi connectivity index (χ4v) is 2.16. The van der Waals surface area contributed by atoms with Gasteiger partial charge < -0.3 is 5.73 Å². The van der Waals surface area contributed by atoms with Gasteiger partial charge in [0.15, 0.2) is 0 Å². The van der Waals surface area contributed by atoms with Crippen molar-refractivity contribution >= 4 is 29.1 Å². The maximum atomic E-state index is 5.87. The third kappa shape index (κ3) is 3.28. The Bertz CT molecular complexity index is 336. The van der Waals surface area contributed by atoms with E-state index in [9.17, 15) is 0 Å². The molecule has 0 aromatic heterocycles. The van der Waals surface area contributed by atoms with Crippen molar-refractivity contribution in [2.24, 2.45) is 0 Å². The molecule has 2 N–H and O–H groups in total. The van der Waals surface area contributed by atoms with Crippen molar-refractivity contribution in [3.8, 4) is 0 Å². The van der Waals surface area contributed by atoms with Gasteiger partial charge in [-0.15, -0.1) is 11.8 Å². The number of rotatable bonds is 4. The third-order valence-electron chi connectivity index (χ3n) is 1.91. The van der Waals surface area contributed by atoms with Crippen LogP contribution in [0.15, 0.2) is 35.2 Å². The second-order valence-corrected chi connectivity index (χ2v) is 4.53. The molecular weight excluding hydrogens is 214 g/mol. The van der Waals surface area contributed by atoms with Crippen LogP contribution in [-0.2, 0) is 0 Å². The molecule has 0 aliphatic heterocycles. The summed E-state index contributed by atoms with van der Waals surface area (Å²) in [5.41, 5.74) is 7.81. The van der Waals surface area contributed by atoms with Gasteiger partial charge in [-0.1, -0.05) is 30.7 Å². The fraction of sp³-hybridized carbons (Fsp3) is 0.273. The number of thioether (sulfide) groups is 1. The lowest BCUT2D eigenvalue weighted by atomic mass is 10.3. The standard InChI is InChI=1S/C11H14ClNS/c1-3-8(2)7-14-11-6-9(12)4-5-10(11)13/h4-6H,2-3,7,13H2,1H3. The van der Waals surface area contributed by atoms with Gasteiger partial charge in [0.25, 0.3) is 0 Å². The minimum atomic E-state index is 0.726. The Labute approximate surface area is 94.3 Å². The normalized spacial score (nSPS) is 10.1. The first kappa shape index (κ1) is 11.5. The Morgan fingerprint density at radius 2 is 2.29 bits per heavy atom. The first-order chi connectivity index (χ1) is 6.63. The summed E-state index contributed by atoms with van der Waals surface area (Å²) in [7, 11) is 0. The van der Waals surface area contributed by atoms with Crippen LogP contribution < -0.4 is 5.73 Å². The van der Waals surface area contributed by atoms with Crippen molar-refractivity contribution in [3.63, 3.8) is 0 Å². The predicted octanol–water partition coefficient (Wildman–Crippen LogP) is 3.98. The maximum absolute atomic E-state index is 5.87. The van der Waals surface area contributed by atoms with Gasteiger partial charge in [0, 0.05) is 21.4 Å². The smallest absolute Gasteiger partial charge is 0.0453 e. The molecule has 1 aromatic rings.